The van der Waals surface area contributed by atoms with Crippen molar-refractivity contribution in [2.24, 2.45) is 0 Å². The Bertz CT molecular complexity index is 1170. The molecular weight excluding hydrogens is 525 g/mol. The van der Waals surface area contributed by atoms with Gasteiger partial charge in [-0.05, 0) is 72.6 Å². The SMILES string of the molecule is CC1(C)CC(Nc2nc(N)nc(-c3ccc(OC(C)(C)CN4CCOCC4)c(OC(F)F)c3)c2F)CC(C)(C)N1. The molecule has 1 aromatic heterocycles. The predicted octanol–water partition coefficient (Wildman–Crippen LogP) is 4.68. The molecule has 2 aromatic rings. The number of alkyl halides is 2. The number of ether oxygens (including phenoxy) is 3. The molecule has 4 rings (SSSR count). The minimum atomic E-state index is -3.11. The first-order valence-electron chi connectivity index (χ1n) is 13.6. The van der Waals surface area contributed by atoms with Gasteiger partial charge in [0.25, 0.3) is 0 Å². The van der Waals surface area contributed by atoms with Gasteiger partial charge in [-0.2, -0.15) is 13.8 Å². The number of morpholine rings is 1. The van der Waals surface area contributed by atoms with E-state index in [0.29, 0.717) is 19.8 Å². The van der Waals surface area contributed by atoms with Crippen molar-refractivity contribution in [1.82, 2.24) is 20.2 Å². The lowest BCUT2D eigenvalue weighted by Gasteiger charge is -2.46. The molecule has 222 valence electrons. The van der Waals surface area contributed by atoms with Gasteiger partial charge in [0.1, 0.15) is 11.3 Å². The zero-order valence-corrected chi connectivity index (χ0v) is 24.1. The van der Waals surface area contributed by atoms with E-state index in [-0.39, 0.29) is 51.6 Å². The van der Waals surface area contributed by atoms with Gasteiger partial charge in [-0.1, -0.05) is 0 Å². The van der Waals surface area contributed by atoms with Gasteiger partial charge in [-0.3, -0.25) is 4.90 Å². The molecule has 0 bridgehead atoms. The highest BCUT2D eigenvalue weighted by molar-refractivity contribution is 5.68. The standard InChI is InChI=1S/C28H41F3N6O3/c1-26(2)14-18(15-27(3,4)36-26)33-23-21(29)22(34-25(32)35-23)17-7-8-19(20(13-17)39-24(30)31)40-28(5,6)16-37-9-11-38-12-10-37/h7-8,13,18,24,36H,9-12,14-16H2,1-6H3,(H3,32,33,34,35). The van der Waals surface area contributed by atoms with Crippen LogP contribution >= 0.6 is 0 Å². The molecule has 0 atom stereocenters. The maximum absolute atomic E-state index is 15.8. The Kier molecular flexibility index (Phi) is 8.72. The summed E-state index contributed by atoms with van der Waals surface area (Å²) in [5.74, 6) is -1.02. The van der Waals surface area contributed by atoms with Crippen LogP contribution < -0.4 is 25.8 Å². The molecular formula is C28H41F3N6O3. The van der Waals surface area contributed by atoms with E-state index >= 15 is 4.39 Å². The highest BCUT2D eigenvalue weighted by atomic mass is 19.3. The zero-order chi connectivity index (χ0) is 29.3. The van der Waals surface area contributed by atoms with E-state index in [1.807, 2.05) is 13.8 Å². The molecule has 2 aliphatic heterocycles. The van der Waals surface area contributed by atoms with Crippen molar-refractivity contribution in [1.29, 1.82) is 0 Å². The maximum Gasteiger partial charge on any atom is 0.387 e. The summed E-state index contributed by atoms with van der Waals surface area (Å²) in [6.45, 7) is 12.3. The van der Waals surface area contributed by atoms with Crippen molar-refractivity contribution in [3.8, 4) is 22.8 Å². The Hall–Kier alpha value is -2.83. The molecule has 3 heterocycles. The summed E-state index contributed by atoms with van der Waals surface area (Å²) in [5.41, 5.74) is 4.97. The Morgan fingerprint density at radius 1 is 1.12 bits per heavy atom. The van der Waals surface area contributed by atoms with E-state index in [4.69, 9.17) is 19.9 Å². The van der Waals surface area contributed by atoms with Crippen LogP contribution in [-0.4, -0.2) is 77.0 Å². The number of nitrogens with zero attached hydrogens (tertiary/aromatic N) is 3. The Morgan fingerprint density at radius 2 is 1.77 bits per heavy atom. The highest BCUT2D eigenvalue weighted by Crippen LogP contribution is 2.38. The van der Waals surface area contributed by atoms with Crippen molar-refractivity contribution in [2.45, 2.75) is 83.7 Å². The quantitative estimate of drug-likeness (QED) is 0.399. The number of benzene rings is 1. The van der Waals surface area contributed by atoms with Gasteiger partial charge in [-0.15, -0.1) is 0 Å². The minimum absolute atomic E-state index is 0.0377. The van der Waals surface area contributed by atoms with Crippen LogP contribution in [0.15, 0.2) is 18.2 Å². The lowest BCUT2D eigenvalue weighted by atomic mass is 9.79. The average Bonchev–Trinajstić information content (AvgIpc) is 2.80. The number of nitrogens with one attached hydrogen (secondary N) is 2. The van der Waals surface area contributed by atoms with Crippen LogP contribution in [0, 0.1) is 5.82 Å². The molecule has 0 spiro atoms. The molecule has 0 amide bonds. The van der Waals surface area contributed by atoms with E-state index in [2.05, 4.69) is 53.2 Å². The van der Waals surface area contributed by atoms with E-state index in [9.17, 15) is 8.78 Å². The third kappa shape index (κ3) is 7.88. The number of halogens is 3. The van der Waals surface area contributed by atoms with Crippen molar-refractivity contribution in [2.75, 3.05) is 43.9 Å². The number of nitrogens with two attached hydrogens (primary N) is 1. The number of aromatic nitrogens is 2. The second-order valence-corrected chi connectivity index (χ2v) is 12.5. The first-order valence-corrected chi connectivity index (χ1v) is 13.6. The largest absolute Gasteiger partial charge is 0.483 e. The smallest absolute Gasteiger partial charge is 0.387 e. The van der Waals surface area contributed by atoms with Gasteiger partial charge in [0.05, 0.1) is 13.2 Å². The molecule has 2 saturated heterocycles. The number of hydrogen-bond donors (Lipinski definition) is 3. The Morgan fingerprint density at radius 3 is 2.40 bits per heavy atom. The Balaban J connectivity index is 1.61. The molecule has 0 radical (unpaired) electrons. The van der Waals surface area contributed by atoms with Crippen molar-refractivity contribution in [3.63, 3.8) is 0 Å². The van der Waals surface area contributed by atoms with Gasteiger partial charge in [-0.25, -0.2) is 9.37 Å². The van der Waals surface area contributed by atoms with E-state index in [1.54, 1.807) is 6.07 Å². The molecule has 2 fully saturated rings. The topological polar surface area (TPSA) is 107 Å². The van der Waals surface area contributed by atoms with Gasteiger partial charge < -0.3 is 30.6 Å². The second-order valence-electron chi connectivity index (χ2n) is 12.5. The first-order chi connectivity index (χ1) is 18.6. The van der Waals surface area contributed by atoms with Crippen molar-refractivity contribution < 1.29 is 27.4 Å². The van der Waals surface area contributed by atoms with E-state index < -0.39 is 18.0 Å². The number of rotatable bonds is 9. The third-order valence-electron chi connectivity index (χ3n) is 6.93. The predicted molar refractivity (Wildman–Crippen MR) is 148 cm³/mol. The molecule has 12 heteroatoms. The lowest BCUT2D eigenvalue weighted by molar-refractivity contribution is -0.0546. The van der Waals surface area contributed by atoms with E-state index in [0.717, 1.165) is 25.9 Å². The van der Waals surface area contributed by atoms with Crippen LogP contribution in [0.2, 0.25) is 0 Å². The van der Waals surface area contributed by atoms with Crippen LogP contribution in [0.5, 0.6) is 11.5 Å². The molecule has 0 unspecified atom stereocenters. The van der Waals surface area contributed by atoms with Crippen molar-refractivity contribution in [3.05, 3.63) is 24.0 Å². The monoisotopic (exact) mass is 566 g/mol. The van der Waals surface area contributed by atoms with E-state index in [1.165, 1.54) is 12.1 Å². The number of anilines is 2. The number of nitrogen functional groups attached to an aromatic ring is 1. The average molecular weight is 567 g/mol. The summed E-state index contributed by atoms with van der Waals surface area (Å²) in [5, 5.41) is 6.79. The number of hydrogen-bond acceptors (Lipinski definition) is 9. The van der Waals surface area contributed by atoms with Crippen LogP contribution in [-0.2, 0) is 4.74 Å². The summed E-state index contributed by atoms with van der Waals surface area (Å²) < 4.78 is 58.9. The highest BCUT2D eigenvalue weighted by Gasteiger charge is 2.38. The van der Waals surface area contributed by atoms with Gasteiger partial charge in [0.15, 0.2) is 23.1 Å². The fourth-order valence-electron chi connectivity index (χ4n) is 5.92. The van der Waals surface area contributed by atoms with Crippen molar-refractivity contribution >= 4 is 11.8 Å². The normalized spacial score (nSPS) is 19.9. The Labute approximate surface area is 234 Å². The van der Waals surface area contributed by atoms with Crippen LogP contribution in [0.25, 0.3) is 11.3 Å². The second kappa shape index (κ2) is 11.6. The molecule has 0 saturated carbocycles. The molecule has 9 nitrogen and oxygen atoms in total. The summed E-state index contributed by atoms with van der Waals surface area (Å²) in [4.78, 5) is 10.4. The summed E-state index contributed by atoms with van der Waals surface area (Å²) in [6.07, 6.45) is 1.46. The lowest BCUT2D eigenvalue weighted by Crippen LogP contribution is -2.60. The maximum atomic E-state index is 15.8. The van der Waals surface area contributed by atoms with Gasteiger partial charge in [0.2, 0.25) is 5.95 Å². The molecule has 1 aromatic carbocycles. The molecule has 2 aliphatic rings. The number of piperidine rings is 1. The summed E-state index contributed by atoms with van der Waals surface area (Å²) >= 11 is 0. The van der Waals surface area contributed by atoms with Gasteiger partial charge >= 0.3 is 6.61 Å². The molecule has 4 N–H and O–H groups in total. The first kappa shape index (κ1) is 30.1. The van der Waals surface area contributed by atoms with Crippen LogP contribution in [0.4, 0.5) is 24.9 Å². The molecule has 0 aliphatic carbocycles. The minimum Gasteiger partial charge on any atom is -0.483 e. The fourth-order valence-corrected chi connectivity index (χ4v) is 5.92. The van der Waals surface area contributed by atoms with Crippen LogP contribution in [0.3, 0.4) is 0 Å². The molecule has 40 heavy (non-hydrogen) atoms. The summed E-state index contributed by atoms with van der Waals surface area (Å²) in [6, 6.07) is 4.24. The fraction of sp³-hybridized carbons (Fsp3) is 0.643. The van der Waals surface area contributed by atoms with Gasteiger partial charge in [0, 0.05) is 42.3 Å². The van der Waals surface area contributed by atoms with Crippen LogP contribution in [0.1, 0.15) is 54.4 Å². The third-order valence-corrected chi connectivity index (χ3v) is 6.93. The summed E-state index contributed by atoms with van der Waals surface area (Å²) in [7, 11) is 0. The zero-order valence-electron chi connectivity index (χ0n) is 24.1.